The number of nitrogens with zero attached hydrogens (tertiary/aromatic N) is 3. The zero-order valence-electron chi connectivity index (χ0n) is 16.6. The van der Waals surface area contributed by atoms with Crippen LogP contribution in [-0.4, -0.2) is 23.8 Å². The van der Waals surface area contributed by atoms with E-state index in [0.29, 0.717) is 47.0 Å². The number of rotatable bonds is 9. The number of hydrogen-bond acceptors (Lipinski definition) is 6. The van der Waals surface area contributed by atoms with E-state index in [4.69, 9.17) is 19.8 Å². The fourth-order valence-corrected chi connectivity index (χ4v) is 2.27. The van der Waals surface area contributed by atoms with E-state index in [1.165, 1.54) is 0 Å². The smallest absolute Gasteiger partial charge is 0.330 e. The molecule has 150 valence electrons. The van der Waals surface area contributed by atoms with Crippen molar-refractivity contribution in [3.05, 3.63) is 59.7 Å². The second kappa shape index (κ2) is 10.6. The van der Waals surface area contributed by atoms with E-state index in [0.717, 1.165) is 0 Å². The molecule has 7 heteroatoms. The molecule has 0 aliphatic rings. The van der Waals surface area contributed by atoms with Crippen molar-refractivity contribution in [1.29, 1.82) is 5.26 Å². The van der Waals surface area contributed by atoms with Gasteiger partial charge < -0.3 is 14.6 Å². The SMILES string of the molecule is CC(=CCCOc1ccc(N=Nc2ccc(C#N)cc2OC(C)C)cc1)C(=O)O. The number of aliphatic carboxylic acids is 1. The van der Waals surface area contributed by atoms with Gasteiger partial charge in [0, 0.05) is 18.1 Å². The number of benzene rings is 2. The molecule has 0 saturated heterocycles. The first-order valence-corrected chi connectivity index (χ1v) is 9.14. The van der Waals surface area contributed by atoms with Gasteiger partial charge in [0.15, 0.2) is 0 Å². The second-order valence-electron chi connectivity index (χ2n) is 6.48. The van der Waals surface area contributed by atoms with Crippen LogP contribution >= 0.6 is 0 Å². The molecule has 0 heterocycles. The van der Waals surface area contributed by atoms with Crippen molar-refractivity contribution in [2.24, 2.45) is 10.2 Å². The lowest BCUT2D eigenvalue weighted by Crippen LogP contribution is -2.05. The van der Waals surface area contributed by atoms with Gasteiger partial charge in [-0.05, 0) is 57.2 Å². The molecule has 1 N–H and O–H groups in total. The van der Waals surface area contributed by atoms with Crippen molar-refractivity contribution in [1.82, 2.24) is 0 Å². The van der Waals surface area contributed by atoms with Gasteiger partial charge in [-0.1, -0.05) is 6.08 Å². The summed E-state index contributed by atoms with van der Waals surface area (Å²) in [5, 5.41) is 26.3. The maximum absolute atomic E-state index is 10.7. The number of hydrogen-bond donors (Lipinski definition) is 1. The van der Waals surface area contributed by atoms with Crippen LogP contribution in [0.15, 0.2) is 64.3 Å². The van der Waals surface area contributed by atoms with Crippen LogP contribution in [0, 0.1) is 11.3 Å². The highest BCUT2D eigenvalue weighted by Gasteiger charge is 2.07. The fourth-order valence-electron chi connectivity index (χ4n) is 2.27. The second-order valence-corrected chi connectivity index (χ2v) is 6.48. The van der Waals surface area contributed by atoms with Crippen molar-refractivity contribution < 1.29 is 19.4 Å². The topological polar surface area (TPSA) is 104 Å². The number of nitriles is 1. The summed E-state index contributed by atoms with van der Waals surface area (Å²) < 4.78 is 11.3. The van der Waals surface area contributed by atoms with E-state index in [1.54, 1.807) is 55.5 Å². The molecule has 29 heavy (non-hydrogen) atoms. The Morgan fingerprint density at radius 2 is 1.93 bits per heavy atom. The molecular formula is C22H23N3O4. The van der Waals surface area contributed by atoms with Gasteiger partial charge in [-0.25, -0.2) is 4.79 Å². The number of carboxylic acids is 1. The first kappa shape index (κ1) is 21.6. The molecule has 0 spiro atoms. The average molecular weight is 393 g/mol. The molecule has 2 aromatic carbocycles. The van der Waals surface area contributed by atoms with Crippen LogP contribution in [0.1, 0.15) is 32.8 Å². The maximum Gasteiger partial charge on any atom is 0.330 e. The number of carbonyl (C=O) groups is 1. The number of carboxylic acid groups (broad SMARTS) is 1. The molecule has 0 radical (unpaired) electrons. The standard InChI is InChI=1S/C22H23N3O4/c1-15(2)29-21-13-17(14-23)6-11-20(21)25-24-18-7-9-19(10-8-18)28-12-4-5-16(3)22(26)27/h5-11,13,15H,4,12H2,1-3H3,(H,26,27). The normalized spacial score (nSPS) is 11.5. The van der Waals surface area contributed by atoms with Gasteiger partial charge >= 0.3 is 5.97 Å². The molecule has 2 aromatic rings. The average Bonchev–Trinajstić information content (AvgIpc) is 2.70. The summed E-state index contributed by atoms with van der Waals surface area (Å²) in [6.07, 6.45) is 2.08. The minimum absolute atomic E-state index is 0.0524. The van der Waals surface area contributed by atoms with E-state index in [2.05, 4.69) is 16.3 Å². The van der Waals surface area contributed by atoms with Gasteiger partial charge in [0.05, 0.1) is 30.0 Å². The van der Waals surface area contributed by atoms with Crippen LogP contribution in [0.5, 0.6) is 11.5 Å². The third-order valence-corrected chi connectivity index (χ3v) is 3.74. The van der Waals surface area contributed by atoms with E-state index in [9.17, 15) is 4.79 Å². The lowest BCUT2D eigenvalue weighted by Gasteiger charge is -2.11. The van der Waals surface area contributed by atoms with E-state index in [1.807, 2.05) is 13.8 Å². The van der Waals surface area contributed by atoms with Gasteiger partial charge in [0.1, 0.15) is 17.2 Å². The summed E-state index contributed by atoms with van der Waals surface area (Å²) in [6, 6.07) is 14.2. The van der Waals surface area contributed by atoms with Crippen LogP contribution in [0.3, 0.4) is 0 Å². The maximum atomic E-state index is 10.7. The summed E-state index contributed by atoms with van der Waals surface area (Å²) >= 11 is 0. The number of ether oxygens (including phenoxy) is 2. The van der Waals surface area contributed by atoms with Crippen LogP contribution < -0.4 is 9.47 Å². The minimum Gasteiger partial charge on any atom is -0.493 e. The first-order chi connectivity index (χ1) is 13.9. The quantitative estimate of drug-likeness (QED) is 0.341. The highest BCUT2D eigenvalue weighted by molar-refractivity contribution is 5.85. The Morgan fingerprint density at radius 1 is 1.21 bits per heavy atom. The molecule has 0 unspecified atom stereocenters. The summed E-state index contributed by atoms with van der Waals surface area (Å²) in [5.41, 5.74) is 1.97. The predicted octanol–water partition coefficient (Wildman–Crippen LogP) is 5.56. The third kappa shape index (κ3) is 7.11. The van der Waals surface area contributed by atoms with Crippen LogP contribution in [-0.2, 0) is 4.79 Å². The van der Waals surface area contributed by atoms with Gasteiger partial charge in [0.25, 0.3) is 0 Å². The Morgan fingerprint density at radius 3 is 2.55 bits per heavy atom. The van der Waals surface area contributed by atoms with Crippen LogP contribution in [0.2, 0.25) is 0 Å². The molecule has 0 fully saturated rings. The fraction of sp³-hybridized carbons (Fsp3) is 0.273. The zero-order valence-corrected chi connectivity index (χ0v) is 16.6. The number of azo groups is 1. The lowest BCUT2D eigenvalue weighted by molar-refractivity contribution is -0.132. The molecule has 0 aliphatic carbocycles. The van der Waals surface area contributed by atoms with Gasteiger partial charge in [-0.2, -0.15) is 10.4 Å². The Labute approximate surface area is 169 Å². The molecule has 0 amide bonds. The summed E-state index contributed by atoms with van der Waals surface area (Å²) in [6.45, 7) is 5.73. The third-order valence-electron chi connectivity index (χ3n) is 3.74. The molecule has 7 nitrogen and oxygen atoms in total. The Hall–Kier alpha value is -3.66. The minimum atomic E-state index is -0.927. The predicted molar refractivity (Wildman–Crippen MR) is 109 cm³/mol. The molecule has 0 bridgehead atoms. The summed E-state index contributed by atoms with van der Waals surface area (Å²) in [4.78, 5) is 10.7. The largest absolute Gasteiger partial charge is 0.493 e. The van der Waals surface area contributed by atoms with Crippen molar-refractivity contribution >= 4 is 17.3 Å². The zero-order chi connectivity index (χ0) is 21.2. The van der Waals surface area contributed by atoms with Crippen LogP contribution in [0.4, 0.5) is 11.4 Å². The molecule has 0 saturated carbocycles. The monoisotopic (exact) mass is 393 g/mol. The first-order valence-electron chi connectivity index (χ1n) is 9.14. The highest BCUT2D eigenvalue weighted by Crippen LogP contribution is 2.31. The molecule has 0 aromatic heterocycles. The van der Waals surface area contributed by atoms with Crippen molar-refractivity contribution in [2.45, 2.75) is 33.3 Å². The van der Waals surface area contributed by atoms with E-state index < -0.39 is 5.97 Å². The Kier molecular flexibility index (Phi) is 7.92. The molecule has 0 aliphatic heterocycles. The lowest BCUT2D eigenvalue weighted by atomic mass is 10.2. The van der Waals surface area contributed by atoms with E-state index in [-0.39, 0.29) is 6.10 Å². The highest BCUT2D eigenvalue weighted by atomic mass is 16.5. The van der Waals surface area contributed by atoms with E-state index >= 15 is 0 Å². The molecule has 0 atom stereocenters. The van der Waals surface area contributed by atoms with Crippen molar-refractivity contribution in [3.8, 4) is 17.6 Å². The van der Waals surface area contributed by atoms with Crippen molar-refractivity contribution in [3.63, 3.8) is 0 Å². The van der Waals surface area contributed by atoms with Crippen LogP contribution in [0.25, 0.3) is 0 Å². The Balaban J connectivity index is 2.01. The summed E-state index contributed by atoms with van der Waals surface area (Å²) in [7, 11) is 0. The molecule has 2 rings (SSSR count). The van der Waals surface area contributed by atoms with Crippen molar-refractivity contribution in [2.75, 3.05) is 6.61 Å². The molecular weight excluding hydrogens is 370 g/mol. The van der Waals surface area contributed by atoms with Gasteiger partial charge in [0.2, 0.25) is 0 Å². The summed E-state index contributed by atoms with van der Waals surface area (Å²) in [5.74, 6) is 0.240. The van der Waals surface area contributed by atoms with Gasteiger partial charge in [-0.3, -0.25) is 0 Å². The Bertz CT molecular complexity index is 942. The van der Waals surface area contributed by atoms with Gasteiger partial charge in [-0.15, -0.1) is 5.11 Å².